The van der Waals surface area contributed by atoms with E-state index in [0.717, 1.165) is 21.7 Å². The number of carbonyl (C=O) groups is 1. The highest BCUT2D eigenvalue weighted by Gasteiger charge is 2.05. The number of carboxylic acid groups (broad SMARTS) is 1. The fourth-order valence-electron chi connectivity index (χ4n) is 1.93. The fraction of sp³-hybridized carbons (Fsp3) is 0. The van der Waals surface area contributed by atoms with E-state index in [1.165, 1.54) is 6.20 Å². The molecule has 1 heterocycles. The Balaban J connectivity index is 2.36. The minimum atomic E-state index is -0.951. The van der Waals surface area contributed by atoms with Crippen molar-refractivity contribution >= 4 is 27.6 Å². The van der Waals surface area contributed by atoms with Gasteiger partial charge in [0.1, 0.15) is 0 Å². The van der Waals surface area contributed by atoms with Gasteiger partial charge in [-0.1, -0.05) is 24.3 Å². The molecule has 3 heteroatoms. The lowest BCUT2D eigenvalue weighted by Crippen LogP contribution is -1.96. The zero-order chi connectivity index (χ0) is 11.8. The van der Waals surface area contributed by atoms with Gasteiger partial charge in [0.15, 0.2) is 0 Å². The Morgan fingerprint density at radius 1 is 1.00 bits per heavy atom. The molecule has 0 saturated heterocycles. The monoisotopic (exact) mass is 223 g/mol. The van der Waals surface area contributed by atoms with Crippen LogP contribution in [0.3, 0.4) is 0 Å². The number of nitrogens with zero attached hydrogens (tertiary/aromatic N) is 1. The van der Waals surface area contributed by atoms with Crippen molar-refractivity contribution in [3.05, 3.63) is 54.2 Å². The summed E-state index contributed by atoms with van der Waals surface area (Å²) >= 11 is 0. The van der Waals surface area contributed by atoms with E-state index in [1.807, 2.05) is 36.4 Å². The molecule has 3 nitrogen and oxygen atoms in total. The van der Waals surface area contributed by atoms with E-state index in [4.69, 9.17) is 5.11 Å². The van der Waals surface area contributed by atoms with Crippen molar-refractivity contribution in [2.45, 2.75) is 0 Å². The highest BCUT2D eigenvalue weighted by molar-refractivity contribution is 5.99. The highest BCUT2D eigenvalue weighted by atomic mass is 16.4. The third-order valence-corrected chi connectivity index (χ3v) is 2.80. The van der Waals surface area contributed by atoms with E-state index in [1.54, 1.807) is 6.07 Å². The number of aromatic carboxylic acids is 1. The number of aromatic nitrogens is 1. The zero-order valence-electron chi connectivity index (χ0n) is 8.92. The molecule has 0 aliphatic heterocycles. The first-order chi connectivity index (χ1) is 8.24. The summed E-state index contributed by atoms with van der Waals surface area (Å²) in [4.78, 5) is 15.0. The van der Waals surface area contributed by atoms with Crippen LogP contribution in [0, 0.1) is 0 Å². The molecule has 17 heavy (non-hydrogen) atoms. The van der Waals surface area contributed by atoms with E-state index < -0.39 is 5.97 Å². The second-order valence-electron chi connectivity index (χ2n) is 3.92. The van der Waals surface area contributed by atoms with Crippen molar-refractivity contribution in [2.24, 2.45) is 0 Å². The summed E-state index contributed by atoms with van der Waals surface area (Å²) in [6.07, 6.45) is 1.39. The average molecular weight is 223 g/mol. The van der Waals surface area contributed by atoms with Crippen molar-refractivity contribution in [3.63, 3.8) is 0 Å². The topological polar surface area (TPSA) is 50.2 Å². The van der Waals surface area contributed by atoms with E-state index in [2.05, 4.69) is 4.98 Å². The second kappa shape index (κ2) is 3.56. The lowest BCUT2D eigenvalue weighted by molar-refractivity contribution is 0.0696. The van der Waals surface area contributed by atoms with E-state index >= 15 is 0 Å². The molecular weight excluding hydrogens is 214 g/mol. The van der Waals surface area contributed by atoms with Gasteiger partial charge in [0.25, 0.3) is 0 Å². The molecule has 3 aromatic rings. The summed E-state index contributed by atoms with van der Waals surface area (Å²) in [5.74, 6) is -0.951. The Bertz CT molecular complexity index is 734. The largest absolute Gasteiger partial charge is 0.478 e. The quantitative estimate of drug-likeness (QED) is 0.645. The number of carboxylic acids is 1. The molecule has 0 unspecified atom stereocenters. The molecule has 1 aromatic heterocycles. The van der Waals surface area contributed by atoms with Gasteiger partial charge in [0.05, 0.1) is 11.1 Å². The van der Waals surface area contributed by atoms with Crippen LogP contribution in [-0.2, 0) is 0 Å². The molecule has 82 valence electrons. The average Bonchev–Trinajstić information content (AvgIpc) is 2.35. The predicted molar refractivity (Wildman–Crippen MR) is 66.2 cm³/mol. The Kier molecular flexibility index (Phi) is 2.05. The van der Waals surface area contributed by atoms with Crippen LogP contribution >= 0.6 is 0 Å². The number of hydrogen-bond acceptors (Lipinski definition) is 2. The van der Waals surface area contributed by atoms with Gasteiger partial charge < -0.3 is 5.11 Å². The Morgan fingerprint density at radius 2 is 1.71 bits per heavy atom. The lowest BCUT2D eigenvalue weighted by atomic mass is 10.1. The molecule has 0 bridgehead atoms. The van der Waals surface area contributed by atoms with Crippen LogP contribution in [-0.4, -0.2) is 16.1 Å². The van der Waals surface area contributed by atoms with Crippen LogP contribution in [0.1, 0.15) is 10.4 Å². The van der Waals surface area contributed by atoms with Gasteiger partial charge >= 0.3 is 5.97 Å². The summed E-state index contributed by atoms with van der Waals surface area (Å²) in [6, 6.07) is 13.5. The van der Waals surface area contributed by atoms with E-state index in [9.17, 15) is 4.79 Å². The minimum Gasteiger partial charge on any atom is -0.478 e. The number of fused-ring (bicyclic) bond motifs is 2. The first kappa shape index (κ1) is 9.78. The van der Waals surface area contributed by atoms with E-state index in [-0.39, 0.29) is 5.56 Å². The number of rotatable bonds is 1. The van der Waals surface area contributed by atoms with Gasteiger partial charge in [-0.2, -0.15) is 0 Å². The molecular formula is C14H9NO2. The third-order valence-electron chi connectivity index (χ3n) is 2.80. The first-order valence-corrected chi connectivity index (χ1v) is 5.26. The maximum absolute atomic E-state index is 10.9. The van der Waals surface area contributed by atoms with Gasteiger partial charge in [-0.25, -0.2) is 4.79 Å². The second-order valence-corrected chi connectivity index (χ2v) is 3.92. The predicted octanol–water partition coefficient (Wildman–Crippen LogP) is 3.09. The molecule has 0 aliphatic carbocycles. The van der Waals surface area contributed by atoms with Crippen molar-refractivity contribution in [1.82, 2.24) is 4.98 Å². The van der Waals surface area contributed by atoms with Crippen molar-refractivity contribution in [3.8, 4) is 0 Å². The maximum atomic E-state index is 10.9. The summed E-state index contributed by atoms with van der Waals surface area (Å²) in [5, 5.41) is 12.0. The molecule has 0 saturated carbocycles. The summed E-state index contributed by atoms with van der Waals surface area (Å²) in [7, 11) is 0. The Hall–Kier alpha value is -2.42. The van der Waals surface area contributed by atoms with Gasteiger partial charge in [-0.05, 0) is 29.0 Å². The number of pyridine rings is 1. The van der Waals surface area contributed by atoms with E-state index in [0.29, 0.717) is 0 Å². The van der Waals surface area contributed by atoms with Gasteiger partial charge in [-0.3, -0.25) is 4.98 Å². The Labute approximate surface area is 97.3 Å². The molecule has 2 aromatic carbocycles. The summed E-state index contributed by atoms with van der Waals surface area (Å²) in [5.41, 5.74) is 1.03. The first-order valence-electron chi connectivity index (χ1n) is 5.26. The lowest BCUT2D eigenvalue weighted by Gasteiger charge is -2.02. The molecule has 3 rings (SSSR count). The van der Waals surface area contributed by atoms with Crippen molar-refractivity contribution in [2.75, 3.05) is 0 Å². The summed E-state index contributed by atoms with van der Waals surface area (Å²) < 4.78 is 0. The third kappa shape index (κ3) is 1.61. The van der Waals surface area contributed by atoms with Gasteiger partial charge in [0, 0.05) is 11.6 Å². The minimum absolute atomic E-state index is 0.216. The van der Waals surface area contributed by atoms with Gasteiger partial charge in [-0.15, -0.1) is 0 Å². The number of hydrogen-bond donors (Lipinski definition) is 1. The maximum Gasteiger partial charge on any atom is 0.337 e. The van der Waals surface area contributed by atoms with Crippen LogP contribution in [0.5, 0.6) is 0 Å². The number of benzene rings is 2. The molecule has 0 aliphatic rings. The highest BCUT2D eigenvalue weighted by Crippen LogP contribution is 2.21. The SMILES string of the molecule is O=C(O)c1cnc2cc3ccccc3cc2c1. The molecule has 0 spiro atoms. The molecule has 0 amide bonds. The normalized spacial score (nSPS) is 10.8. The molecule has 0 fully saturated rings. The Morgan fingerprint density at radius 3 is 2.41 bits per heavy atom. The van der Waals surface area contributed by atoms with Crippen LogP contribution in [0.15, 0.2) is 48.7 Å². The zero-order valence-corrected chi connectivity index (χ0v) is 8.92. The molecule has 1 N–H and O–H groups in total. The smallest absolute Gasteiger partial charge is 0.337 e. The van der Waals surface area contributed by atoms with Crippen molar-refractivity contribution < 1.29 is 9.90 Å². The molecule has 0 radical (unpaired) electrons. The summed E-state index contributed by atoms with van der Waals surface area (Å²) in [6.45, 7) is 0. The molecule has 0 atom stereocenters. The van der Waals surface area contributed by atoms with Crippen LogP contribution in [0.4, 0.5) is 0 Å². The fourth-order valence-corrected chi connectivity index (χ4v) is 1.93. The standard InChI is InChI=1S/C14H9NO2/c16-14(17)12-6-11-5-9-3-1-2-4-10(9)7-13(11)15-8-12/h1-8H,(H,16,17). The van der Waals surface area contributed by atoms with Crippen LogP contribution in [0.25, 0.3) is 21.7 Å². The van der Waals surface area contributed by atoms with Crippen LogP contribution < -0.4 is 0 Å². The van der Waals surface area contributed by atoms with Crippen LogP contribution in [0.2, 0.25) is 0 Å². The van der Waals surface area contributed by atoms with Crippen molar-refractivity contribution in [1.29, 1.82) is 0 Å². The van der Waals surface area contributed by atoms with Gasteiger partial charge in [0.2, 0.25) is 0 Å².